The average Bonchev–Trinajstić information content (AvgIpc) is 3.43. The number of anilines is 1. The van der Waals surface area contributed by atoms with Gasteiger partial charge in [0.2, 0.25) is 0 Å². The highest BCUT2D eigenvalue weighted by Crippen LogP contribution is 2.30. The molecule has 0 unspecified atom stereocenters. The summed E-state index contributed by atoms with van der Waals surface area (Å²) < 4.78 is 33.6. The lowest BCUT2D eigenvalue weighted by molar-refractivity contribution is 0.0830. The first-order valence-electron chi connectivity index (χ1n) is 11.0. The number of imidazole rings is 1. The fourth-order valence-corrected chi connectivity index (χ4v) is 4.08. The third-order valence-electron chi connectivity index (χ3n) is 5.72. The lowest BCUT2D eigenvalue weighted by Crippen LogP contribution is -2.16. The number of carbonyl (C=O) groups is 1. The van der Waals surface area contributed by atoms with Crippen LogP contribution in [-0.2, 0) is 35.8 Å². The second-order valence-corrected chi connectivity index (χ2v) is 7.82. The van der Waals surface area contributed by atoms with Crippen LogP contribution in [0.25, 0.3) is 22.3 Å². The summed E-state index contributed by atoms with van der Waals surface area (Å²) in [7, 11) is 1.48. The van der Waals surface area contributed by atoms with Gasteiger partial charge in [-0.3, -0.25) is 10.00 Å². The largest absolute Gasteiger partial charge is 0.496 e. The number of aromatic nitrogens is 4. The molecule has 10 heteroatoms. The number of hydrogen-bond donors (Lipinski definition) is 1. The van der Waals surface area contributed by atoms with E-state index in [2.05, 4.69) is 20.0 Å². The summed E-state index contributed by atoms with van der Waals surface area (Å²) in [5.74, 6) is 0.870. The van der Waals surface area contributed by atoms with E-state index in [1.165, 1.54) is 19.2 Å². The molecule has 176 valence electrons. The van der Waals surface area contributed by atoms with Crippen molar-refractivity contribution >= 4 is 22.8 Å². The molecule has 1 aliphatic heterocycles. The molecule has 0 saturated carbocycles. The van der Waals surface area contributed by atoms with Crippen LogP contribution < -0.4 is 10.1 Å². The number of amides is 1. The fourth-order valence-electron chi connectivity index (χ4n) is 4.08. The fraction of sp³-hybridized carbons (Fsp3) is 0.292. The van der Waals surface area contributed by atoms with Gasteiger partial charge in [0.05, 0.1) is 36.1 Å². The first-order valence-corrected chi connectivity index (χ1v) is 11.0. The maximum atomic E-state index is 13.6. The standard InChI is InChI=1S/C24H24FN5O4/c1-3-30-17(12-19(28-30)18-6-4-15(25)10-22(18)32-2)13-34-24(31)26-16-5-7-21-20(11-16)27-23-14-33-9-8-29(21)23/h4-7,10-12H,3,8-9,13-14H2,1-2H3,(H,26,31). The lowest BCUT2D eigenvalue weighted by Gasteiger charge is -2.14. The SMILES string of the molecule is CCn1nc(-c2ccc(F)cc2OC)cc1COC(=O)Nc1ccc2c(c1)nc1n2CCOC1. The second kappa shape index (κ2) is 9.14. The van der Waals surface area contributed by atoms with Gasteiger partial charge >= 0.3 is 6.09 Å². The van der Waals surface area contributed by atoms with Gasteiger partial charge in [-0.2, -0.15) is 5.10 Å². The molecule has 5 rings (SSSR count). The molecular weight excluding hydrogens is 441 g/mol. The molecule has 0 bridgehead atoms. The summed E-state index contributed by atoms with van der Waals surface area (Å²) in [6, 6.07) is 11.7. The van der Waals surface area contributed by atoms with Crippen LogP contribution in [0.4, 0.5) is 14.9 Å². The van der Waals surface area contributed by atoms with Gasteiger partial charge in [-0.1, -0.05) is 0 Å². The summed E-state index contributed by atoms with van der Waals surface area (Å²) in [5.41, 5.74) is 4.36. The molecular formula is C24H24FN5O4. The molecule has 3 heterocycles. The van der Waals surface area contributed by atoms with Gasteiger partial charge in [-0.15, -0.1) is 0 Å². The predicted molar refractivity (Wildman–Crippen MR) is 123 cm³/mol. The molecule has 0 fully saturated rings. The van der Waals surface area contributed by atoms with Gasteiger partial charge in [0.15, 0.2) is 0 Å². The van der Waals surface area contributed by atoms with Crippen LogP contribution in [0, 0.1) is 5.82 Å². The molecule has 0 aliphatic carbocycles. The molecule has 1 N–H and O–H groups in total. The van der Waals surface area contributed by atoms with Crippen LogP contribution in [0.5, 0.6) is 5.75 Å². The monoisotopic (exact) mass is 465 g/mol. The van der Waals surface area contributed by atoms with Gasteiger partial charge in [-0.05, 0) is 43.3 Å². The molecule has 1 amide bonds. The minimum atomic E-state index is -0.587. The van der Waals surface area contributed by atoms with Crippen molar-refractivity contribution in [3.8, 4) is 17.0 Å². The third kappa shape index (κ3) is 4.19. The van der Waals surface area contributed by atoms with Crippen molar-refractivity contribution in [2.45, 2.75) is 33.2 Å². The molecule has 4 aromatic rings. The van der Waals surface area contributed by atoms with E-state index >= 15 is 0 Å². The maximum absolute atomic E-state index is 13.6. The summed E-state index contributed by atoms with van der Waals surface area (Å²) in [6.07, 6.45) is -0.587. The highest BCUT2D eigenvalue weighted by atomic mass is 19.1. The molecule has 2 aromatic carbocycles. The number of benzene rings is 2. The highest BCUT2D eigenvalue weighted by Gasteiger charge is 2.17. The lowest BCUT2D eigenvalue weighted by atomic mass is 10.1. The average molecular weight is 465 g/mol. The Balaban J connectivity index is 1.28. The molecule has 0 radical (unpaired) electrons. The van der Waals surface area contributed by atoms with Crippen molar-refractivity contribution in [2.75, 3.05) is 19.0 Å². The Morgan fingerprint density at radius 3 is 2.94 bits per heavy atom. The van der Waals surface area contributed by atoms with Crippen molar-refractivity contribution < 1.29 is 23.4 Å². The smallest absolute Gasteiger partial charge is 0.412 e. The minimum Gasteiger partial charge on any atom is -0.496 e. The number of carbonyl (C=O) groups excluding carboxylic acids is 1. The molecule has 0 atom stereocenters. The molecule has 34 heavy (non-hydrogen) atoms. The van der Waals surface area contributed by atoms with Crippen LogP contribution in [0.15, 0.2) is 42.5 Å². The van der Waals surface area contributed by atoms with Crippen LogP contribution >= 0.6 is 0 Å². The molecule has 1 aliphatic rings. The van der Waals surface area contributed by atoms with Crippen molar-refractivity contribution in [2.24, 2.45) is 0 Å². The zero-order valence-electron chi connectivity index (χ0n) is 18.9. The number of methoxy groups -OCH3 is 1. The molecule has 0 saturated heterocycles. The van der Waals surface area contributed by atoms with E-state index in [-0.39, 0.29) is 6.61 Å². The Morgan fingerprint density at radius 1 is 1.24 bits per heavy atom. The van der Waals surface area contributed by atoms with Gasteiger partial charge in [0.25, 0.3) is 0 Å². The summed E-state index contributed by atoms with van der Waals surface area (Å²) >= 11 is 0. The Morgan fingerprint density at radius 2 is 2.12 bits per heavy atom. The van der Waals surface area contributed by atoms with Crippen molar-refractivity contribution in [3.63, 3.8) is 0 Å². The van der Waals surface area contributed by atoms with Crippen molar-refractivity contribution in [3.05, 3.63) is 59.8 Å². The summed E-state index contributed by atoms with van der Waals surface area (Å²) in [5, 5.41) is 7.30. The summed E-state index contributed by atoms with van der Waals surface area (Å²) in [6.45, 7) is 4.44. The number of nitrogens with zero attached hydrogens (tertiary/aromatic N) is 4. The van der Waals surface area contributed by atoms with E-state index in [9.17, 15) is 9.18 Å². The van der Waals surface area contributed by atoms with E-state index in [1.807, 2.05) is 25.1 Å². The summed E-state index contributed by atoms with van der Waals surface area (Å²) in [4.78, 5) is 17.0. The minimum absolute atomic E-state index is 0.0224. The normalized spacial score (nSPS) is 13.0. The van der Waals surface area contributed by atoms with E-state index in [1.54, 1.807) is 16.8 Å². The number of ether oxygens (including phenoxy) is 3. The van der Waals surface area contributed by atoms with Gasteiger partial charge in [0.1, 0.15) is 30.6 Å². The first kappa shape index (κ1) is 21.9. The van der Waals surface area contributed by atoms with Gasteiger partial charge < -0.3 is 18.8 Å². The zero-order chi connectivity index (χ0) is 23.7. The quantitative estimate of drug-likeness (QED) is 0.455. The van der Waals surface area contributed by atoms with Gasteiger partial charge in [0, 0.05) is 30.4 Å². The number of aryl methyl sites for hydroxylation is 1. The predicted octanol–water partition coefficient (Wildman–Crippen LogP) is 4.35. The number of nitrogens with one attached hydrogen (secondary N) is 1. The topological polar surface area (TPSA) is 92.4 Å². The number of hydrogen-bond acceptors (Lipinski definition) is 6. The maximum Gasteiger partial charge on any atom is 0.412 e. The van der Waals surface area contributed by atoms with Crippen LogP contribution in [0.2, 0.25) is 0 Å². The van der Waals surface area contributed by atoms with E-state index < -0.39 is 11.9 Å². The first-order chi connectivity index (χ1) is 16.6. The molecule has 0 spiro atoms. The van der Waals surface area contributed by atoms with Crippen LogP contribution in [-0.4, -0.2) is 39.1 Å². The Kier molecular flexibility index (Phi) is 5.89. The molecule has 2 aromatic heterocycles. The number of fused-ring (bicyclic) bond motifs is 3. The van der Waals surface area contributed by atoms with Crippen molar-refractivity contribution in [1.29, 1.82) is 0 Å². The third-order valence-corrected chi connectivity index (χ3v) is 5.72. The van der Waals surface area contributed by atoms with Gasteiger partial charge in [-0.25, -0.2) is 14.2 Å². The Labute approximate surface area is 195 Å². The zero-order valence-corrected chi connectivity index (χ0v) is 18.9. The molecule has 9 nitrogen and oxygen atoms in total. The van der Waals surface area contributed by atoms with Crippen LogP contribution in [0.1, 0.15) is 18.4 Å². The highest BCUT2D eigenvalue weighted by molar-refractivity contribution is 5.89. The number of halogens is 1. The van der Waals surface area contributed by atoms with Crippen molar-refractivity contribution in [1.82, 2.24) is 19.3 Å². The second-order valence-electron chi connectivity index (χ2n) is 7.82. The van der Waals surface area contributed by atoms with E-state index in [0.717, 1.165) is 23.4 Å². The Hall–Kier alpha value is -3.92. The van der Waals surface area contributed by atoms with E-state index in [4.69, 9.17) is 14.2 Å². The van der Waals surface area contributed by atoms with Crippen LogP contribution in [0.3, 0.4) is 0 Å². The number of rotatable bonds is 6. The Bertz CT molecular complexity index is 1360. The van der Waals surface area contributed by atoms with E-state index in [0.29, 0.717) is 48.1 Å².